The Morgan fingerprint density at radius 2 is 1.76 bits per heavy atom. The van der Waals surface area contributed by atoms with E-state index in [0.29, 0.717) is 28.3 Å². The second kappa shape index (κ2) is 7.09. The van der Waals surface area contributed by atoms with Crippen molar-refractivity contribution in [1.82, 2.24) is 0 Å². The zero-order valence-corrected chi connectivity index (χ0v) is 15.3. The molecule has 2 aromatic carbocycles. The van der Waals surface area contributed by atoms with Crippen LogP contribution in [0.1, 0.15) is 18.2 Å². The second-order valence-corrected chi connectivity index (χ2v) is 6.48. The van der Waals surface area contributed by atoms with Gasteiger partial charge in [-0.2, -0.15) is 23.3 Å². The first-order chi connectivity index (χ1) is 13.8. The molecular weight excluding hydrogens is 381 g/mol. The van der Waals surface area contributed by atoms with Crippen LogP contribution in [0.5, 0.6) is 0 Å². The summed E-state index contributed by atoms with van der Waals surface area (Å²) >= 11 is 0. The monoisotopic (exact) mass is 396 g/mol. The zero-order chi connectivity index (χ0) is 20.6. The van der Waals surface area contributed by atoms with Crippen molar-refractivity contribution in [1.29, 1.82) is 0 Å². The van der Waals surface area contributed by atoms with Crippen molar-refractivity contribution in [3.8, 4) is 11.3 Å². The average Bonchev–Trinajstić information content (AvgIpc) is 3.28. The summed E-state index contributed by atoms with van der Waals surface area (Å²) in [5.41, 5.74) is 1.08. The van der Waals surface area contributed by atoms with E-state index in [1.165, 1.54) is 17.1 Å². The number of alkyl halides is 3. The first-order valence-corrected chi connectivity index (χ1v) is 8.77. The molecule has 0 spiro atoms. The molecule has 0 radical (unpaired) electrons. The lowest BCUT2D eigenvalue weighted by molar-refractivity contribution is -0.137. The molecule has 0 saturated heterocycles. The summed E-state index contributed by atoms with van der Waals surface area (Å²) in [6.45, 7) is 1.71. The van der Waals surface area contributed by atoms with Gasteiger partial charge in [0.1, 0.15) is 11.5 Å². The van der Waals surface area contributed by atoms with E-state index < -0.39 is 11.7 Å². The highest BCUT2D eigenvalue weighted by Crippen LogP contribution is 2.33. The van der Waals surface area contributed by atoms with E-state index in [-0.39, 0.29) is 11.7 Å². The van der Waals surface area contributed by atoms with Crippen molar-refractivity contribution in [2.45, 2.75) is 13.1 Å². The normalized spacial score (nSPS) is 15.9. The van der Waals surface area contributed by atoms with Crippen LogP contribution in [0.25, 0.3) is 17.4 Å². The molecule has 0 atom stereocenters. The number of carbonyl (C=O) groups excluding carboxylic acids is 1. The van der Waals surface area contributed by atoms with Gasteiger partial charge in [-0.1, -0.05) is 30.3 Å². The molecule has 0 unspecified atom stereocenters. The number of para-hydroxylation sites is 1. The third kappa shape index (κ3) is 3.71. The van der Waals surface area contributed by atoms with E-state index >= 15 is 0 Å². The summed E-state index contributed by atoms with van der Waals surface area (Å²) in [6, 6.07) is 17.1. The number of anilines is 1. The van der Waals surface area contributed by atoms with Crippen molar-refractivity contribution in [2.75, 3.05) is 5.01 Å². The van der Waals surface area contributed by atoms with Gasteiger partial charge in [0, 0.05) is 5.56 Å². The number of halogens is 3. The average molecular weight is 396 g/mol. The SMILES string of the molecule is CC1=NN(c2ccccc2)C(=O)C1=Cc1ccc(-c2cccc(C(F)(F)F)c2)o1. The summed E-state index contributed by atoms with van der Waals surface area (Å²) < 4.78 is 44.4. The molecule has 1 amide bonds. The van der Waals surface area contributed by atoms with Gasteiger partial charge in [-0.15, -0.1) is 0 Å². The fourth-order valence-electron chi connectivity index (χ4n) is 3.01. The fourth-order valence-corrected chi connectivity index (χ4v) is 3.01. The van der Waals surface area contributed by atoms with E-state index in [4.69, 9.17) is 4.42 Å². The number of hydrazone groups is 1. The molecule has 0 bridgehead atoms. The van der Waals surface area contributed by atoms with E-state index in [2.05, 4.69) is 5.10 Å². The topological polar surface area (TPSA) is 45.8 Å². The Hall–Kier alpha value is -3.61. The number of hydrogen-bond donors (Lipinski definition) is 0. The molecule has 0 saturated carbocycles. The predicted octanol–water partition coefficient (Wildman–Crippen LogP) is 5.77. The van der Waals surface area contributed by atoms with Crippen molar-refractivity contribution in [2.24, 2.45) is 5.10 Å². The van der Waals surface area contributed by atoms with Gasteiger partial charge in [0.2, 0.25) is 0 Å². The maximum absolute atomic E-state index is 12.9. The van der Waals surface area contributed by atoms with Gasteiger partial charge >= 0.3 is 6.18 Å². The summed E-state index contributed by atoms with van der Waals surface area (Å²) in [4.78, 5) is 12.7. The quantitative estimate of drug-likeness (QED) is 0.528. The van der Waals surface area contributed by atoms with Crippen LogP contribution in [0.4, 0.5) is 18.9 Å². The molecule has 1 aromatic heterocycles. The van der Waals surface area contributed by atoms with Crippen molar-refractivity contribution in [3.05, 3.63) is 83.6 Å². The number of amides is 1. The van der Waals surface area contributed by atoms with Gasteiger partial charge in [-0.3, -0.25) is 4.79 Å². The maximum Gasteiger partial charge on any atom is 0.416 e. The molecule has 4 nitrogen and oxygen atoms in total. The van der Waals surface area contributed by atoms with Gasteiger partial charge in [0.25, 0.3) is 5.91 Å². The molecule has 146 valence electrons. The lowest BCUT2D eigenvalue weighted by Gasteiger charge is -2.10. The number of carbonyl (C=O) groups is 1. The standard InChI is InChI=1S/C22H15F3N2O2/c1-14-19(21(28)27(26-14)17-8-3-2-4-9-17)13-18-10-11-20(29-18)15-6-5-7-16(12-15)22(23,24)25/h2-13H,1H3. The summed E-state index contributed by atoms with van der Waals surface area (Å²) in [6.07, 6.45) is -2.89. The van der Waals surface area contributed by atoms with Crippen LogP contribution >= 0.6 is 0 Å². The molecule has 29 heavy (non-hydrogen) atoms. The Morgan fingerprint density at radius 1 is 1.00 bits per heavy atom. The Bertz CT molecular complexity index is 1130. The van der Waals surface area contributed by atoms with Gasteiger partial charge in [0.15, 0.2) is 0 Å². The summed E-state index contributed by atoms with van der Waals surface area (Å²) in [7, 11) is 0. The van der Waals surface area contributed by atoms with Crippen LogP contribution in [-0.4, -0.2) is 11.6 Å². The second-order valence-electron chi connectivity index (χ2n) is 6.48. The Kier molecular flexibility index (Phi) is 4.58. The van der Waals surface area contributed by atoms with Crippen molar-refractivity contribution >= 4 is 23.4 Å². The highest BCUT2D eigenvalue weighted by molar-refractivity contribution is 6.32. The molecule has 0 aliphatic carbocycles. The van der Waals surface area contributed by atoms with Crippen LogP contribution in [0.3, 0.4) is 0 Å². The highest BCUT2D eigenvalue weighted by Gasteiger charge is 2.31. The first-order valence-electron chi connectivity index (χ1n) is 8.77. The predicted molar refractivity (Wildman–Crippen MR) is 104 cm³/mol. The number of furan rings is 1. The van der Waals surface area contributed by atoms with Crippen molar-refractivity contribution in [3.63, 3.8) is 0 Å². The minimum absolute atomic E-state index is 0.280. The van der Waals surface area contributed by atoms with Crippen molar-refractivity contribution < 1.29 is 22.4 Å². The smallest absolute Gasteiger partial charge is 0.416 e. The number of hydrogen-bond acceptors (Lipinski definition) is 3. The molecule has 4 rings (SSSR count). The molecule has 3 aromatic rings. The molecule has 7 heteroatoms. The van der Waals surface area contributed by atoms with Crippen LogP contribution in [-0.2, 0) is 11.0 Å². The van der Waals surface area contributed by atoms with Gasteiger partial charge < -0.3 is 4.42 Å². The van der Waals surface area contributed by atoms with E-state index in [0.717, 1.165) is 12.1 Å². The lowest BCUT2D eigenvalue weighted by atomic mass is 10.1. The van der Waals surface area contributed by atoms with Crippen LogP contribution in [0.15, 0.2) is 81.8 Å². The highest BCUT2D eigenvalue weighted by atomic mass is 19.4. The van der Waals surface area contributed by atoms with Gasteiger partial charge in [-0.25, -0.2) is 0 Å². The summed E-state index contributed by atoms with van der Waals surface area (Å²) in [5.74, 6) is 0.332. The number of benzene rings is 2. The minimum atomic E-state index is -4.43. The van der Waals surface area contributed by atoms with E-state index in [1.807, 2.05) is 18.2 Å². The summed E-state index contributed by atoms with van der Waals surface area (Å²) in [5, 5.41) is 5.59. The Labute approximate surface area is 164 Å². The first kappa shape index (κ1) is 18.7. The largest absolute Gasteiger partial charge is 0.457 e. The third-order valence-corrected chi connectivity index (χ3v) is 4.45. The lowest BCUT2D eigenvalue weighted by Crippen LogP contribution is -2.21. The molecule has 1 aliphatic heterocycles. The molecule has 0 fully saturated rings. The number of nitrogens with zero attached hydrogens (tertiary/aromatic N) is 2. The fraction of sp³-hybridized carbons (Fsp3) is 0.0909. The molecule has 2 heterocycles. The molecule has 0 N–H and O–H groups in total. The van der Waals surface area contributed by atoms with Crippen LogP contribution < -0.4 is 5.01 Å². The zero-order valence-electron chi connectivity index (χ0n) is 15.3. The van der Waals surface area contributed by atoms with Crippen LogP contribution in [0, 0.1) is 0 Å². The Balaban J connectivity index is 1.62. The molecule has 1 aliphatic rings. The third-order valence-electron chi connectivity index (χ3n) is 4.45. The minimum Gasteiger partial charge on any atom is -0.457 e. The number of rotatable bonds is 3. The van der Waals surface area contributed by atoms with Crippen LogP contribution in [0.2, 0.25) is 0 Å². The van der Waals surface area contributed by atoms with Gasteiger partial charge in [-0.05, 0) is 49.4 Å². The Morgan fingerprint density at radius 3 is 2.48 bits per heavy atom. The van der Waals surface area contributed by atoms with Gasteiger partial charge in [0.05, 0.1) is 22.5 Å². The molecular formula is C22H15F3N2O2. The van der Waals surface area contributed by atoms with E-state index in [9.17, 15) is 18.0 Å². The van der Waals surface area contributed by atoms with E-state index in [1.54, 1.807) is 37.3 Å². The maximum atomic E-state index is 12.9.